The number of aliphatic carboxylic acids is 1. The van der Waals surface area contributed by atoms with Gasteiger partial charge >= 0.3 is 13.1 Å². The molecule has 0 aliphatic heterocycles. The molecule has 5 N–H and O–H groups in total. The summed E-state index contributed by atoms with van der Waals surface area (Å²) in [4.78, 5) is 10.6. The summed E-state index contributed by atoms with van der Waals surface area (Å²) in [7, 11) is -1.47. The summed E-state index contributed by atoms with van der Waals surface area (Å²) in [5.41, 5.74) is 5.50. The van der Waals surface area contributed by atoms with Crippen molar-refractivity contribution >= 4 is 13.1 Å². The number of benzene rings is 1. The number of rotatable bonds is 7. The Morgan fingerprint density at radius 2 is 2.16 bits per heavy atom. The number of hydrogen-bond donors (Lipinski definition) is 4. The molecule has 1 atom stereocenters. The average Bonchev–Trinajstić information content (AvgIpc) is 2.31. The van der Waals surface area contributed by atoms with E-state index < -0.39 is 24.9 Å². The SMILES string of the molecule is N[C@@H](Cc1ccc(OCCB(O)O)cc1F)C(=O)O. The maximum atomic E-state index is 13.6. The molecule has 0 aliphatic rings. The molecule has 0 aliphatic carbocycles. The maximum Gasteiger partial charge on any atom is 0.454 e. The lowest BCUT2D eigenvalue weighted by Crippen LogP contribution is -2.32. The van der Waals surface area contributed by atoms with E-state index in [-0.39, 0.29) is 30.7 Å². The molecular formula is C11H15BFNO5. The van der Waals surface area contributed by atoms with Crippen molar-refractivity contribution in [3.63, 3.8) is 0 Å². The molecule has 0 spiro atoms. The molecule has 0 fully saturated rings. The number of carboxylic acids is 1. The van der Waals surface area contributed by atoms with Crippen molar-refractivity contribution in [1.29, 1.82) is 0 Å². The summed E-state index contributed by atoms with van der Waals surface area (Å²) in [6.45, 7) is 0.0328. The molecule has 0 amide bonds. The zero-order valence-electron chi connectivity index (χ0n) is 10.1. The number of ether oxygens (including phenoxy) is 1. The highest BCUT2D eigenvalue weighted by molar-refractivity contribution is 6.41. The smallest absolute Gasteiger partial charge is 0.454 e. The number of hydrogen-bond acceptors (Lipinski definition) is 5. The highest BCUT2D eigenvalue weighted by atomic mass is 19.1. The normalized spacial score (nSPS) is 12.0. The molecule has 0 saturated heterocycles. The first-order valence-corrected chi connectivity index (χ1v) is 5.66. The van der Waals surface area contributed by atoms with Gasteiger partial charge in [0.15, 0.2) is 0 Å². The zero-order valence-corrected chi connectivity index (χ0v) is 10.1. The highest BCUT2D eigenvalue weighted by Gasteiger charge is 2.15. The van der Waals surface area contributed by atoms with Crippen molar-refractivity contribution in [3.8, 4) is 5.75 Å². The minimum absolute atomic E-state index is 0.00720. The molecule has 1 aromatic carbocycles. The van der Waals surface area contributed by atoms with Gasteiger partial charge in [-0.25, -0.2) is 4.39 Å². The second-order valence-electron chi connectivity index (χ2n) is 4.02. The van der Waals surface area contributed by atoms with E-state index in [2.05, 4.69) is 0 Å². The lowest BCUT2D eigenvalue weighted by molar-refractivity contribution is -0.138. The van der Waals surface area contributed by atoms with Gasteiger partial charge in [0, 0.05) is 18.8 Å². The quantitative estimate of drug-likeness (QED) is 0.503. The number of halogens is 1. The number of nitrogens with two attached hydrogens (primary N) is 1. The summed E-state index contributed by atoms with van der Waals surface area (Å²) in [5, 5.41) is 25.9. The fourth-order valence-corrected chi connectivity index (χ4v) is 1.39. The van der Waals surface area contributed by atoms with Crippen LogP contribution in [0.15, 0.2) is 18.2 Å². The van der Waals surface area contributed by atoms with Crippen LogP contribution in [-0.4, -0.2) is 40.9 Å². The molecule has 1 aromatic rings. The molecule has 19 heavy (non-hydrogen) atoms. The van der Waals surface area contributed by atoms with Gasteiger partial charge in [-0.1, -0.05) is 6.07 Å². The molecule has 1 rings (SSSR count). The van der Waals surface area contributed by atoms with Gasteiger partial charge in [0.05, 0.1) is 6.61 Å². The molecule has 8 heteroatoms. The third-order valence-corrected chi connectivity index (χ3v) is 2.43. The van der Waals surface area contributed by atoms with Gasteiger partial charge in [-0.3, -0.25) is 4.79 Å². The molecule has 104 valence electrons. The maximum absolute atomic E-state index is 13.6. The largest absolute Gasteiger partial charge is 0.494 e. The van der Waals surface area contributed by atoms with Gasteiger partial charge in [0.25, 0.3) is 0 Å². The second-order valence-corrected chi connectivity index (χ2v) is 4.02. The third-order valence-electron chi connectivity index (χ3n) is 2.43. The van der Waals surface area contributed by atoms with E-state index in [1.807, 2.05) is 0 Å². The van der Waals surface area contributed by atoms with Crippen LogP contribution < -0.4 is 10.5 Å². The van der Waals surface area contributed by atoms with Gasteiger partial charge in [0.1, 0.15) is 17.6 Å². The predicted molar refractivity (Wildman–Crippen MR) is 66.2 cm³/mol. The van der Waals surface area contributed by atoms with Crippen LogP contribution in [0.25, 0.3) is 0 Å². The van der Waals surface area contributed by atoms with Crippen LogP contribution in [0.5, 0.6) is 5.75 Å². The van der Waals surface area contributed by atoms with Crippen LogP contribution >= 0.6 is 0 Å². The molecule has 0 unspecified atom stereocenters. The molecule has 0 radical (unpaired) electrons. The van der Waals surface area contributed by atoms with Crippen LogP contribution in [-0.2, 0) is 11.2 Å². The Morgan fingerprint density at radius 1 is 1.47 bits per heavy atom. The Kier molecular flexibility index (Phi) is 5.74. The Labute approximate surface area is 109 Å². The van der Waals surface area contributed by atoms with E-state index in [0.717, 1.165) is 6.07 Å². The van der Waals surface area contributed by atoms with Gasteiger partial charge in [-0.15, -0.1) is 0 Å². The topological polar surface area (TPSA) is 113 Å². The number of carboxylic acid groups (broad SMARTS) is 1. The minimum Gasteiger partial charge on any atom is -0.494 e. The van der Waals surface area contributed by atoms with Crippen LogP contribution in [0.1, 0.15) is 5.56 Å². The first kappa shape index (κ1) is 15.4. The van der Waals surface area contributed by atoms with Gasteiger partial charge in [-0.2, -0.15) is 0 Å². The molecule has 0 aromatic heterocycles. The lowest BCUT2D eigenvalue weighted by atomic mass is 9.87. The van der Waals surface area contributed by atoms with Gasteiger partial charge < -0.3 is 25.6 Å². The molecular weight excluding hydrogens is 256 g/mol. The number of carbonyl (C=O) groups is 1. The van der Waals surface area contributed by atoms with Crippen LogP contribution in [0, 0.1) is 5.82 Å². The monoisotopic (exact) mass is 271 g/mol. The summed E-state index contributed by atoms with van der Waals surface area (Å²) in [6, 6.07) is 2.80. The molecule has 6 nitrogen and oxygen atoms in total. The van der Waals surface area contributed by atoms with Crippen LogP contribution in [0.4, 0.5) is 4.39 Å². The molecule has 0 saturated carbocycles. The van der Waals surface area contributed by atoms with Crippen molar-refractivity contribution in [3.05, 3.63) is 29.6 Å². The molecule has 0 heterocycles. The van der Waals surface area contributed by atoms with Crippen LogP contribution in [0.2, 0.25) is 6.32 Å². The van der Waals surface area contributed by atoms with Crippen molar-refractivity contribution in [2.45, 2.75) is 18.8 Å². The Morgan fingerprint density at radius 3 is 2.68 bits per heavy atom. The van der Waals surface area contributed by atoms with E-state index >= 15 is 0 Å². The van der Waals surface area contributed by atoms with Gasteiger partial charge in [-0.05, 0) is 11.6 Å². The second kappa shape index (κ2) is 7.08. The van der Waals surface area contributed by atoms with E-state index in [9.17, 15) is 9.18 Å². The minimum atomic E-state index is -1.47. The molecule has 0 bridgehead atoms. The first-order chi connectivity index (χ1) is 8.90. The van der Waals surface area contributed by atoms with E-state index in [1.165, 1.54) is 12.1 Å². The van der Waals surface area contributed by atoms with Crippen molar-refractivity contribution in [2.75, 3.05) is 6.61 Å². The van der Waals surface area contributed by atoms with Crippen molar-refractivity contribution in [2.24, 2.45) is 5.73 Å². The standard InChI is InChI=1S/C11H15BFNO5/c13-9-6-8(19-4-3-12(17)18)2-1-7(9)5-10(14)11(15)16/h1-2,6,10,17-18H,3-5,14H2,(H,15,16)/t10-/m0/s1. The summed E-state index contributed by atoms with van der Waals surface area (Å²) in [5.74, 6) is -1.58. The fourth-order valence-electron chi connectivity index (χ4n) is 1.39. The summed E-state index contributed by atoms with van der Waals surface area (Å²) >= 11 is 0. The Bertz CT molecular complexity index is 443. The van der Waals surface area contributed by atoms with Crippen molar-refractivity contribution in [1.82, 2.24) is 0 Å². The first-order valence-electron chi connectivity index (χ1n) is 5.66. The average molecular weight is 271 g/mol. The van der Waals surface area contributed by atoms with E-state index in [4.69, 9.17) is 25.6 Å². The van der Waals surface area contributed by atoms with Crippen LogP contribution in [0.3, 0.4) is 0 Å². The van der Waals surface area contributed by atoms with Crippen molar-refractivity contribution < 1.29 is 29.1 Å². The Hall–Kier alpha value is -1.64. The Balaban J connectivity index is 2.61. The van der Waals surface area contributed by atoms with E-state index in [1.54, 1.807) is 0 Å². The van der Waals surface area contributed by atoms with E-state index in [0.29, 0.717) is 0 Å². The zero-order chi connectivity index (χ0) is 14.4. The predicted octanol–water partition coefficient (Wildman–Crippen LogP) is -0.368. The fraction of sp³-hybridized carbons (Fsp3) is 0.364. The van der Waals surface area contributed by atoms with Gasteiger partial charge in [0.2, 0.25) is 0 Å². The highest BCUT2D eigenvalue weighted by Crippen LogP contribution is 2.18. The summed E-state index contributed by atoms with van der Waals surface area (Å²) < 4.78 is 18.7. The summed E-state index contributed by atoms with van der Waals surface area (Å²) in [6.07, 6.45) is -0.107. The third kappa shape index (κ3) is 5.25. The lowest BCUT2D eigenvalue weighted by Gasteiger charge is -2.10.